The van der Waals surface area contributed by atoms with Gasteiger partial charge in [0.05, 0.1) is 5.56 Å². The molecule has 2 N–H and O–H groups in total. The fourth-order valence-electron chi connectivity index (χ4n) is 1.89. The highest BCUT2D eigenvalue weighted by Crippen LogP contribution is 2.15. The Kier molecular flexibility index (Phi) is 5.85. The van der Waals surface area contributed by atoms with Gasteiger partial charge in [0, 0.05) is 11.6 Å². The fourth-order valence-corrected chi connectivity index (χ4v) is 2.06. The highest BCUT2D eigenvalue weighted by atomic mass is 35.5. The fraction of sp³-hybridized carbons (Fsp3) is 0.417. The van der Waals surface area contributed by atoms with Gasteiger partial charge in [-0.1, -0.05) is 11.6 Å². The summed E-state index contributed by atoms with van der Waals surface area (Å²) in [6.07, 6.45) is 1.04. The van der Waals surface area contributed by atoms with E-state index in [1.165, 1.54) is 18.2 Å². The molecule has 18 heavy (non-hydrogen) atoms. The summed E-state index contributed by atoms with van der Waals surface area (Å²) >= 11 is 5.73. The molecule has 1 saturated heterocycles. The monoisotopic (exact) mass is 292 g/mol. The van der Waals surface area contributed by atoms with E-state index in [-0.39, 0.29) is 18.0 Å². The Morgan fingerprint density at radius 3 is 3.00 bits per heavy atom. The second-order valence-corrected chi connectivity index (χ2v) is 4.63. The summed E-state index contributed by atoms with van der Waals surface area (Å²) < 4.78 is 13.4. The second kappa shape index (κ2) is 6.92. The molecular formula is C12H15Cl2FN2O. The van der Waals surface area contributed by atoms with Gasteiger partial charge in [0.15, 0.2) is 0 Å². The molecule has 0 aromatic heterocycles. The van der Waals surface area contributed by atoms with Crippen molar-refractivity contribution in [2.45, 2.75) is 6.42 Å². The number of amides is 1. The number of nitrogens with one attached hydrogen (secondary N) is 2. The molecule has 1 aromatic carbocycles. The predicted molar refractivity (Wildman–Crippen MR) is 72.0 cm³/mol. The van der Waals surface area contributed by atoms with Crippen molar-refractivity contribution in [2.75, 3.05) is 19.6 Å². The van der Waals surface area contributed by atoms with E-state index in [0.29, 0.717) is 17.5 Å². The van der Waals surface area contributed by atoms with Crippen LogP contribution in [-0.4, -0.2) is 25.5 Å². The molecule has 1 heterocycles. The zero-order valence-corrected chi connectivity index (χ0v) is 11.3. The van der Waals surface area contributed by atoms with Gasteiger partial charge in [-0.05, 0) is 43.6 Å². The van der Waals surface area contributed by atoms with Crippen LogP contribution in [0, 0.1) is 11.7 Å². The third-order valence-corrected chi connectivity index (χ3v) is 3.12. The molecule has 0 spiro atoms. The molecule has 0 radical (unpaired) electrons. The zero-order valence-electron chi connectivity index (χ0n) is 9.71. The molecule has 100 valence electrons. The van der Waals surface area contributed by atoms with Gasteiger partial charge in [0.1, 0.15) is 5.82 Å². The summed E-state index contributed by atoms with van der Waals surface area (Å²) in [5.74, 6) is -0.519. The van der Waals surface area contributed by atoms with E-state index < -0.39 is 11.7 Å². The summed E-state index contributed by atoms with van der Waals surface area (Å²) in [6, 6.07) is 3.97. The minimum atomic E-state index is -0.545. The van der Waals surface area contributed by atoms with Crippen molar-refractivity contribution in [3.8, 4) is 0 Å². The average molecular weight is 293 g/mol. The van der Waals surface area contributed by atoms with Gasteiger partial charge in [-0.3, -0.25) is 4.79 Å². The van der Waals surface area contributed by atoms with Crippen LogP contribution in [0.15, 0.2) is 18.2 Å². The molecule has 0 saturated carbocycles. The molecule has 0 aliphatic carbocycles. The quantitative estimate of drug-likeness (QED) is 0.897. The van der Waals surface area contributed by atoms with Crippen molar-refractivity contribution in [2.24, 2.45) is 5.92 Å². The van der Waals surface area contributed by atoms with Crippen LogP contribution in [0.2, 0.25) is 5.02 Å². The molecule has 0 bridgehead atoms. The number of benzene rings is 1. The molecule has 1 unspecified atom stereocenters. The number of hydrogen-bond acceptors (Lipinski definition) is 2. The maximum absolute atomic E-state index is 13.4. The minimum Gasteiger partial charge on any atom is -0.352 e. The number of rotatable bonds is 3. The topological polar surface area (TPSA) is 41.1 Å². The lowest BCUT2D eigenvalue weighted by atomic mass is 10.1. The summed E-state index contributed by atoms with van der Waals surface area (Å²) in [6.45, 7) is 2.45. The molecule has 1 fully saturated rings. The summed E-state index contributed by atoms with van der Waals surface area (Å²) in [5.41, 5.74) is 0.00320. The van der Waals surface area contributed by atoms with Crippen LogP contribution in [0.3, 0.4) is 0 Å². The first kappa shape index (κ1) is 15.2. The molecule has 1 aliphatic rings. The van der Waals surface area contributed by atoms with Crippen LogP contribution in [0.1, 0.15) is 16.8 Å². The van der Waals surface area contributed by atoms with E-state index in [4.69, 9.17) is 11.6 Å². The Hall–Kier alpha value is -0.840. The number of carbonyl (C=O) groups is 1. The highest BCUT2D eigenvalue weighted by molar-refractivity contribution is 6.30. The number of carbonyl (C=O) groups excluding carboxylic acids is 1. The first-order valence-electron chi connectivity index (χ1n) is 5.61. The second-order valence-electron chi connectivity index (χ2n) is 4.19. The number of hydrogen-bond donors (Lipinski definition) is 2. The van der Waals surface area contributed by atoms with Gasteiger partial charge in [-0.25, -0.2) is 4.39 Å². The molecular weight excluding hydrogens is 278 g/mol. The zero-order chi connectivity index (χ0) is 12.3. The third-order valence-electron chi connectivity index (χ3n) is 2.89. The molecule has 1 aromatic rings. The van der Waals surface area contributed by atoms with Gasteiger partial charge in [-0.15, -0.1) is 12.4 Å². The van der Waals surface area contributed by atoms with Crippen LogP contribution in [0.4, 0.5) is 4.39 Å². The Bertz CT molecular complexity index is 423. The molecule has 1 aliphatic heterocycles. The van der Waals surface area contributed by atoms with Gasteiger partial charge < -0.3 is 10.6 Å². The van der Waals surface area contributed by atoms with Crippen LogP contribution in [0.25, 0.3) is 0 Å². The lowest BCUT2D eigenvalue weighted by Crippen LogP contribution is -2.30. The Labute approximate surface area is 116 Å². The van der Waals surface area contributed by atoms with Gasteiger partial charge in [0.25, 0.3) is 5.91 Å². The van der Waals surface area contributed by atoms with Crippen molar-refractivity contribution in [3.63, 3.8) is 0 Å². The maximum Gasteiger partial charge on any atom is 0.254 e. The summed E-state index contributed by atoms with van der Waals surface area (Å²) in [7, 11) is 0. The van der Waals surface area contributed by atoms with Crippen molar-refractivity contribution < 1.29 is 9.18 Å². The van der Waals surface area contributed by atoms with E-state index in [9.17, 15) is 9.18 Å². The van der Waals surface area contributed by atoms with E-state index in [2.05, 4.69) is 10.6 Å². The molecule has 3 nitrogen and oxygen atoms in total. The van der Waals surface area contributed by atoms with Crippen LogP contribution < -0.4 is 10.6 Å². The van der Waals surface area contributed by atoms with E-state index in [1.54, 1.807) is 0 Å². The SMILES string of the molecule is Cl.O=C(NCC1CCNC1)c1cc(Cl)ccc1F. The smallest absolute Gasteiger partial charge is 0.254 e. The van der Waals surface area contributed by atoms with Crippen molar-refractivity contribution in [1.82, 2.24) is 10.6 Å². The van der Waals surface area contributed by atoms with Crippen molar-refractivity contribution >= 4 is 29.9 Å². The Balaban J connectivity index is 0.00000162. The Morgan fingerprint density at radius 2 is 2.33 bits per heavy atom. The maximum atomic E-state index is 13.4. The third kappa shape index (κ3) is 3.83. The van der Waals surface area contributed by atoms with Crippen molar-refractivity contribution in [3.05, 3.63) is 34.6 Å². The van der Waals surface area contributed by atoms with Gasteiger partial charge in [-0.2, -0.15) is 0 Å². The van der Waals surface area contributed by atoms with Gasteiger partial charge >= 0.3 is 0 Å². The molecule has 6 heteroatoms. The standard InChI is InChI=1S/C12H14ClFN2O.ClH/c13-9-1-2-11(14)10(5-9)12(17)16-7-8-3-4-15-6-8;/h1-2,5,8,15H,3-4,6-7H2,(H,16,17);1H. The van der Waals surface area contributed by atoms with E-state index >= 15 is 0 Å². The first-order valence-corrected chi connectivity index (χ1v) is 5.98. The summed E-state index contributed by atoms with van der Waals surface area (Å²) in [4.78, 5) is 11.7. The van der Waals surface area contributed by atoms with Gasteiger partial charge in [0.2, 0.25) is 0 Å². The lowest BCUT2D eigenvalue weighted by molar-refractivity contribution is 0.0944. The van der Waals surface area contributed by atoms with Crippen LogP contribution >= 0.6 is 24.0 Å². The molecule has 2 rings (SSSR count). The van der Waals surface area contributed by atoms with Crippen LogP contribution in [0.5, 0.6) is 0 Å². The lowest BCUT2D eigenvalue weighted by Gasteiger charge is -2.10. The minimum absolute atomic E-state index is 0. The van der Waals surface area contributed by atoms with Crippen LogP contribution in [-0.2, 0) is 0 Å². The molecule has 1 amide bonds. The summed E-state index contributed by atoms with van der Waals surface area (Å²) in [5, 5.41) is 6.30. The normalized spacial score (nSPS) is 18.2. The average Bonchev–Trinajstić information content (AvgIpc) is 2.82. The highest BCUT2D eigenvalue weighted by Gasteiger charge is 2.17. The van der Waals surface area contributed by atoms with Crippen molar-refractivity contribution in [1.29, 1.82) is 0 Å². The Morgan fingerprint density at radius 1 is 1.56 bits per heavy atom. The predicted octanol–water partition coefficient (Wildman–Crippen LogP) is 2.24. The largest absolute Gasteiger partial charge is 0.352 e. The number of halogens is 3. The molecule has 1 atom stereocenters. The van der Waals surface area contributed by atoms with E-state index in [1.807, 2.05) is 0 Å². The first-order chi connectivity index (χ1) is 8.16. The van der Waals surface area contributed by atoms with E-state index in [0.717, 1.165) is 19.5 Å².